The second kappa shape index (κ2) is 7.72. The zero-order valence-corrected chi connectivity index (χ0v) is 14.3. The number of esters is 1. The van der Waals surface area contributed by atoms with Crippen molar-refractivity contribution in [1.29, 1.82) is 0 Å². The number of hydrogen-bond acceptors (Lipinski definition) is 5. The largest absolute Gasteiger partial charge is 0.460 e. The Bertz CT molecular complexity index is 649. The van der Waals surface area contributed by atoms with Gasteiger partial charge in [-0.15, -0.1) is 0 Å². The standard InChI is InChI=1S/C17H22N2O5/c1-6-24-16(21)14(19(22)23)15(20)18-17(4,5)13-9-7-12(8-10-13)11(2)3/h7-10,14H,2,6H2,1,3-5H3,(H,18,20). The Kier molecular flexibility index (Phi) is 6.22. The molecular weight excluding hydrogens is 312 g/mol. The van der Waals surface area contributed by atoms with E-state index in [0.29, 0.717) is 0 Å². The molecule has 0 radical (unpaired) electrons. The van der Waals surface area contributed by atoms with Crippen molar-refractivity contribution in [1.82, 2.24) is 5.32 Å². The molecule has 0 fully saturated rings. The Morgan fingerprint density at radius 3 is 2.29 bits per heavy atom. The summed E-state index contributed by atoms with van der Waals surface area (Å²) in [7, 11) is 0. The minimum absolute atomic E-state index is 0.0395. The van der Waals surface area contributed by atoms with Crippen molar-refractivity contribution in [3.8, 4) is 0 Å². The van der Waals surface area contributed by atoms with Crippen molar-refractivity contribution in [2.45, 2.75) is 39.3 Å². The van der Waals surface area contributed by atoms with E-state index in [1.807, 2.05) is 19.1 Å². The normalized spacial score (nSPS) is 12.2. The maximum atomic E-state index is 12.2. The van der Waals surface area contributed by atoms with Crippen LogP contribution >= 0.6 is 0 Å². The van der Waals surface area contributed by atoms with E-state index in [1.165, 1.54) is 6.92 Å². The molecule has 1 atom stereocenters. The lowest BCUT2D eigenvalue weighted by Crippen LogP contribution is -2.51. The van der Waals surface area contributed by atoms with Crippen LogP contribution in [0.4, 0.5) is 0 Å². The molecule has 1 aromatic carbocycles. The number of ether oxygens (including phenoxy) is 1. The Morgan fingerprint density at radius 2 is 1.88 bits per heavy atom. The number of benzene rings is 1. The van der Waals surface area contributed by atoms with Crippen LogP contribution in [0.3, 0.4) is 0 Å². The van der Waals surface area contributed by atoms with E-state index in [1.54, 1.807) is 26.0 Å². The topological polar surface area (TPSA) is 98.5 Å². The molecular formula is C17H22N2O5. The van der Waals surface area contributed by atoms with Gasteiger partial charge in [0.15, 0.2) is 0 Å². The van der Waals surface area contributed by atoms with Gasteiger partial charge in [-0.1, -0.05) is 36.4 Å². The Balaban J connectivity index is 2.98. The zero-order valence-electron chi connectivity index (χ0n) is 14.3. The number of rotatable bonds is 7. The summed E-state index contributed by atoms with van der Waals surface area (Å²) in [6.45, 7) is 10.6. The van der Waals surface area contributed by atoms with Crippen molar-refractivity contribution in [2.24, 2.45) is 0 Å². The van der Waals surface area contributed by atoms with Gasteiger partial charge < -0.3 is 10.1 Å². The minimum Gasteiger partial charge on any atom is -0.460 e. The highest BCUT2D eigenvalue weighted by atomic mass is 16.6. The van der Waals surface area contributed by atoms with E-state index in [0.717, 1.165) is 16.7 Å². The van der Waals surface area contributed by atoms with Gasteiger partial charge in [-0.05, 0) is 38.8 Å². The molecule has 0 bridgehead atoms. The predicted octanol–water partition coefficient (Wildman–Crippen LogP) is 2.28. The number of carbonyl (C=O) groups excluding carboxylic acids is 2. The molecule has 0 aromatic heterocycles. The highest BCUT2D eigenvalue weighted by molar-refractivity contribution is 6.00. The van der Waals surface area contributed by atoms with Crippen LogP contribution < -0.4 is 5.32 Å². The van der Waals surface area contributed by atoms with Crippen LogP contribution in [0, 0.1) is 10.1 Å². The highest BCUT2D eigenvalue weighted by Gasteiger charge is 2.42. The quantitative estimate of drug-likeness (QED) is 0.357. The zero-order chi connectivity index (χ0) is 18.5. The summed E-state index contributed by atoms with van der Waals surface area (Å²) in [5, 5.41) is 13.6. The SMILES string of the molecule is C=C(C)c1ccc(C(C)(C)NC(=O)C(C(=O)OCC)[N+](=O)[O-])cc1. The van der Waals surface area contributed by atoms with Crippen molar-refractivity contribution in [2.75, 3.05) is 6.61 Å². The van der Waals surface area contributed by atoms with Gasteiger partial charge in [0, 0.05) is 4.92 Å². The van der Waals surface area contributed by atoms with Crippen LogP contribution in [-0.4, -0.2) is 29.4 Å². The molecule has 0 aliphatic carbocycles. The van der Waals surface area contributed by atoms with Gasteiger partial charge in [0.2, 0.25) is 0 Å². The molecule has 0 heterocycles. The minimum atomic E-state index is -2.08. The van der Waals surface area contributed by atoms with Crippen LogP contribution in [0.1, 0.15) is 38.8 Å². The third-order valence-electron chi connectivity index (χ3n) is 3.50. The van der Waals surface area contributed by atoms with Gasteiger partial charge in [-0.3, -0.25) is 14.9 Å². The Labute approximate surface area is 140 Å². The molecule has 0 aliphatic rings. The number of nitrogens with zero attached hydrogens (tertiary/aromatic N) is 1. The lowest BCUT2D eigenvalue weighted by Gasteiger charge is -2.27. The number of nitrogens with one attached hydrogen (secondary N) is 1. The van der Waals surface area contributed by atoms with E-state index in [2.05, 4.69) is 16.6 Å². The molecule has 0 saturated carbocycles. The second-order valence-corrected chi connectivity index (χ2v) is 5.91. The second-order valence-electron chi connectivity index (χ2n) is 5.91. The maximum absolute atomic E-state index is 12.2. The highest BCUT2D eigenvalue weighted by Crippen LogP contribution is 2.22. The molecule has 1 unspecified atom stereocenters. The molecule has 0 spiro atoms. The van der Waals surface area contributed by atoms with E-state index in [4.69, 9.17) is 0 Å². The average Bonchev–Trinajstić information content (AvgIpc) is 2.46. The molecule has 24 heavy (non-hydrogen) atoms. The molecule has 7 nitrogen and oxygen atoms in total. The molecule has 130 valence electrons. The Hall–Kier alpha value is -2.70. The summed E-state index contributed by atoms with van der Waals surface area (Å²) in [6.07, 6.45) is 0. The number of amides is 1. The lowest BCUT2D eigenvalue weighted by molar-refractivity contribution is -0.496. The fraction of sp³-hybridized carbons (Fsp3) is 0.412. The van der Waals surface area contributed by atoms with Gasteiger partial charge in [-0.2, -0.15) is 0 Å². The predicted molar refractivity (Wildman–Crippen MR) is 89.7 cm³/mol. The van der Waals surface area contributed by atoms with Crippen LogP contribution in [0.15, 0.2) is 30.8 Å². The van der Waals surface area contributed by atoms with Gasteiger partial charge in [-0.25, -0.2) is 4.79 Å². The average molecular weight is 334 g/mol. The summed E-state index contributed by atoms with van der Waals surface area (Å²) < 4.78 is 4.60. The van der Waals surface area contributed by atoms with Crippen molar-refractivity contribution < 1.29 is 19.2 Å². The number of nitro groups is 1. The number of allylic oxidation sites excluding steroid dienone is 1. The van der Waals surface area contributed by atoms with Crippen LogP contribution in [0.2, 0.25) is 0 Å². The lowest BCUT2D eigenvalue weighted by atomic mass is 9.92. The summed E-state index contributed by atoms with van der Waals surface area (Å²) in [5.74, 6) is -2.18. The first-order valence-corrected chi connectivity index (χ1v) is 7.48. The van der Waals surface area contributed by atoms with E-state index < -0.39 is 28.4 Å². The summed E-state index contributed by atoms with van der Waals surface area (Å²) in [6, 6.07) is 5.22. The third kappa shape index (κ3) is 4.65. The van der Waals surface area contributed by atoms with Gasteiger partial charge >= 0.3 is 17.9 Å². The number of carbonyl (C=O) groups is 2. The molecule has 1 N–H and O–H groups in total. The first-order valence-electron chi connectivity index (χ1n) is 7.48. The first-order chi connectivity index (χ1) is 11.1. The maximum Gasteiger partial charge on any atom is 0.392 e. The number of hydrogen-bond donors (Lipinski definition) is 1. The summed E-state index contributed by atoms with van der Waals surface area (Å²) in [4.78, 5) is 33.9. The van der Waals surface area contributed by atoms with Crippen molar-refractivity contribution in [3.05, 3.63) is 52.1 Å². The van der Waals surface area contributed by atoms with Gasteiger partial charge in [0.25, 0.3) is 0 Å². The van der Waals surface area contributed by atoms with E-state index in [-0.39, 0.29) is 6.61 Å². The molecule has 7 heteroatoms. The molecule has 0 saturated heterocycles. The fourth-order valence-corrected chi connectivity index (χ4v) is 2.13. The first kappa shape index (κ1) is 19.3. The summed E-state index contributed by atoms with van der Waals surface area (Å²) in [5.41, 5.74) is 1.70. The van der Waals surface area contributed by atoms with Crippen LogP contribution in [0.5, 0.6) is 0 Å². The Morgan fingerprint density at radius 1 is 1.33 bits per heavy atom. The van der Waals surface area contributed by atoms with E-state index >= 15 is 0 Å². The van der Waals surface area contributed by atoms with E-state index in [9.17, 15) is 19.7 Å². The molecule has 1 amide bonds. The summed E-state index contributed by atoms with van der Waals surface area (Å²) >= 11 is 0. The van der Waals surface area contributed by atoms with Crippen molar-refractivity contribution >= 4 is 17.4 Å². The van der Waals surface area contributed by atoms with Crippen LogP contribution in [0.25, 0.3) is 5.57 Å². The third-order valence-corrected chi connectivity index (χ3v) is 3.50. The smallest absolute Gasteiger partial charge is 0.392 e. The van der Waals surface area contributed by atoms with Gasteiger partial charge in [0.1, 0.15) is 0 Å². The molecule has 1 aromatic rings. The molecule has 0 aliphatic heterocycles. The van der Waals surface area contributed by atoms with Crippen LogP contribution in [-0.2, 0) is 19.9 Å². The molecule has 1 rings (SSSR count). The van der Waals surface area contributed by atoms with Crippen molar-refractivity contribution in [3.63, 3.8) is 0 Å². The fourth-order valence-electron chi connectivity index (χ4n) is 2.13. The van der Waals surface area contributed by atoms with Gasteiger partial charge in [0.05, 0.1) is 12.1 Å². The monoisotopic (exact) mass is 334 g/mol.